The fourth-order valence-electron chi connectivity index (χ4n) is 1.54. The van der Waals surface area contributed by atoms with Gasteiger partial charge < -0.3 is 5.11 Å². The molecule has 2 aromatic carbocycles. The Morgan fingerprint density at radius 1 is 1.16 bits per heavy atom. The van der Waals surface area contributed by atoms with Gasteiger partial charge in [-0.2, -0.15) is 0 Å². The normalized spacial score (nSPS) is 10.8. The van der Waals surface area contributed by atoms with E-state index in [0.29, 0.717) is 5.02 Å². The van der Waals surface area contributed by atoms with Crippen LogP contribution in [0.3, 0.4) is 0 Å². The van der Waals surface area contributed by atoms with Gasteiger partial charge in [-0.1, -0.05) is 29.8 Å². The average Bonchev–Trinajstić information content (AvgIpc) is 2.40. The molecule has 0 aliphatic carbocycles. The highest BCUT2D eigenvalue weighted by molar-refractivity contribution is 6.30. The highest BCUT2D eigenvalue weighted by Gasteiger charge is 2.09. The number of ketones is 1. The van der Waals surface area contributed by atoms with Gasteiger partial charge >= 0.3 is 0 Å². The number of benzene rings is 2. The van der Waals surface area contributed by atoms with Crippen LogP contribution in [0.25, 0.3) is 6.08 Å². The van der Waals surface area contributed by atoms with Gasteiger partial charge in [-0.05, 0) is 42.0 Å². The van der Waals surface area contributed by atoms with Gasteiger partial charge in [0.15, 0.2) is 5.78 Å². The Labute approximate surface area is 114 Å². The lowest BCUT2D eigenvalue weighted by atomic mass is 10.1. The summed E-state index contributed by atoms with van der Waals surface area (Å²) in [6, 6.07) is 10.1. The Bertz CT molecular complexity index is 633. The zero-order valence-electron chi connectivity index (χ0n) is 9.81. The van der Waals surface area contributed by atoms with Crippen molar-refractivity contribution in [2.75, 3.05) is 0 Å². The van der Waals surface area contributed by atoms with Gasteiger partial charge in [0.1, 0.15) is 11.6 Å². The second-order valence-corrected chi connectivity index (χ2v) is 4.35. The molecule has 0 spiro atoms. The maximum Gasteiger partial charge on any atom is 0.189 e. The van der Waals surface area contributed by atoms with E-state index in [1.807, 2.05) is 0 Å². The summed E-state index contributed by atoms with van der Waals surface area (Å²) in [4.78, 5) is 11.8. The van der Waals surface area contributed by atoms with Crippen molar-refractivity contribution >= 4 is 23.5 Å². The first kappa shape index (κ1) is 13.3. The standard InChI is InChI=1S/C15H10ClFO2/c16-11-4-1-10(2-5-11)3-7-14(18)13-9-12(17)6-8-15(13)19/h1-9,19H. The third kappa shape index (κ3) is 3.42. The largest absolute Gasteiger partial charge is 0.507 e. The number of hydrogen-bond donors (Lipinski definition) is 1. The van der Waals surface area contributed by atoms with Gasteiger partial charge in [-0.3, -0.25) is 4.79 Å². The Morgan fingerprint density at radius 3 is 2.53 bits per heavy atom. The highest BCUT2D eigenvalue weighted by atomic mass is 35.5. The molecular formula is C15H10ClFO2. The molecule has 19 heavy (non-hydrogen) atoms. The van der Waals surface area contributed by atoms with E-state index < -0.39 is 11.6 Å². The molecule has 0 atom stereocenters. The lowest BCUT2D eigenvalue weighted by molar-refractivity contribution is 0.104. The summed E-state index contributed by atoms with van der Waals surface area (Å²) < 4.78 is 13.0. The van der Waals surface area contributed by atoms with Crippen LogP contribution < -0.4 is 0 Å². The van der Waals surface area contributed by atoms with Crippen molar-refractivity contribution in [3.05, 3.63) is 70.5 Å². The van der Waals surface area contributed by atoms with Crippen molar-refractivity contribution in [1.29, 1.82) is 0 Å². The summed E-state index contributed by atoms with van der Waals surface area (Å²) >= 11 is 5.74. The zero-order chi connectivity index (χ0) is 13.8. The molecular weight excluding hydrogens is 267 g/mol. The second kappa shape index (κ2) is 5.67. The van der Waals surface area contributed by atoms with E-state index in [-0.39, 0.29) is 11.3 Å². The van der Waals surface area contributed by atoms with Gasteiger partial charge in [0.05, 0.1) is 5.56 Å². The van der Waals surface area contributed by atoms with Crippen molar-refractivity contribution < 1.29 is 14.3 Å². The zero-order valence-corrected chi connectivity index (χ0v) is 10.6. The van der Waals surface area contributed by atoms with E-state index in [4.69, 9.17) is 11.6 Å². The van der Waals surface area contributed by atoms with Crippen LogP contribution in [0.5, 0.6) is 5.75 Å². The smallest absolute Gasteiger partial charge is 0.189 e. The summed E-state index contributed by atoms with van der Waals surface area (Å²) in [7, 11) is 0. The lowest BCUT2D eigenvalue weighted by Crippen LogP contribution is -1.95. The molecule has 0 unspecified atom stereocenters. The molecule has 0 aliphatic rings. The van der Waals surface area contributed by atoms with E-state index >= 15 is 0 Å². The van der Waals surface area contributed by atoms with E-state index in [0.717, 1.165) is 23.8 Å². The number of hydrogen-bond acceptors (Lipinski definition) is 2. The first-order valence-corrected chi connectivity index (χ1v) is 5.90. The monoisotopic (exact) mass is 276 g/mol. The molecule has 0 aromatic heterocycles. The summed E-state index contributed by atoms with van der Waals surface area (Å²) in [5.41, 5.74) is 0.721. The molecule has 0 saturated carbocycles. The van der Waals surface area contributed by atoms with Gasteiger partial charge in [0.2, 0.25) is 0 Å². The number of carbonyl (C=O) groups excluding carboxylic acids is 1. The van der Waals surface area contributed by atoms with Crippen LogP contribution >= 0.6 is 11.6 Å². The van der Waals surface area contributed by atoms with E-state index in [9.17, 15) is 14.3 Å². The molecule has 0 radical (unpaired) electrons. The third-order valence-electron chi connectivity index (χ3n) is 2.52. The van der Waals surface area contributed by atoms with Gasteiger partial charge in [-0.15, -0.1) is 0 Å². The van der Waals surface area contributed by atoms with Crippen LogP contribution in [0, 0.1) is 5.82 Å². The molecule has 2 nitrogen and oxygen atoms in total. The Kier molecular flexibility index (Phi) is 3.97. The number of rotatable bonds is 3. The lowest BCUT2D eigenvalue weighted by Gasteiger charge is -2.00. The van der Waals surface area contributed by atoms with Crippen molar-refractivity contribution in [2.24, 2.45) is 0 Å². The third-order valence-corrected chi connectivity index (χ3v) is 2.77. The minimum absolute atomic E-state index is 0.0646. The maximum atomic E-state index is 13.0. The van der Waals surface area contributed by atoms with Crippen LogP contribution in [0.2, 0.25) is 5.02 Å². The van der Waals surface area contributed by atoms with Gasteiger partial charge in [0.25, 0.3) is 0 Å². The summed E-state index contributed by atoms with van der Waals surface area (Å²) in [5.74, 6) is -1.28. The van der Waals surface area contributed by atoms with Crippen molar-refractivity contribution in [3.63, 3.8) is 0 Å². The molecule has 4 heteroatoms. The van der Waals surface area contributed by atoms with Crippen LogP contribution in [-0.4, -0.2) is 10.9 Å². The maximum absolute atomic E-state index is 13.0. The molecule has 0 saturated heterocycles. The Morgan fingerprint density at radius 2 is 1.84 bits per heavy atom. The fraction of sp³-hybridized carbons (Fsp3) is 0. The number of allylic oxidation sites excluding steroid dienone is 1. The number of halogens is 2. The average molecular weight is 277 g/mol. The quantitative estimate of drug-likeness (QED) is 0.677. The van der Waals surface area contributed by atoms with Crippen molar-refractivity contribution in [2.45, 2.75) is 0 Å². The molecule has 1 N–H and O–H groups in total. The number of aromatic hydroxyl groups is 1. The number of carbonyl (C=O) groups is 1. The van der Waals surface area contributed by atoms with E-state index in [1.165, 1.54) is 6.08 Å². The molecule has 2 rings (SSSR count). The molecule has 0 aliphatic heterocycles. The number of phenols is 1. The summed E-state index contributed by atoms with van der Waals surface area (Å²) in [6.45, 7) is 0. The minimum Gasteiger partial charge on any atom is -0.507 e. The van der Waals surface area contributed by atoms with Crippen LogP contribution in [-0.2, 0) is 0 Å². The molecule has 0 bridgehead atoms. The van der Waals surface area contributed by atoms with Crippen molar-refractivity contribution in [1.82, 2.24) is 0 Å². The molecule has 2 aromatic rings. The predicted octanol–water partition coefficient (Wildman–Crippen LogP) is 4.08. The fourth-order valence-corrected chi connectivity index (χ4v) is 1.67. The Hall–Kier alpha value is -2.13. The molecule has 96 valence electrons. The minimum atomic E-state index is -0.568. The summed E-state index contributed by atoms with van der Waals surface area (Å²) in [6.07, 6.45) is 2.85. The van der Waals surface area contributed by atoms with E-state index in [1.54, 1.807) is 30.3 Å². The SMILES string of the molecule is O=C(C=Cc1ccc(Cl)cc1)c1cc(F)ccc1O. The van der Waals surface area contributed by atoms with Crippen LogP contribution in [0.1, 0.15) is 15.9 Å². The molecule has 0 fully saturated rings. The van der Waals surface area contributed by atoms with Crippen LogP contribution in [0.15, 0.2) is 48.5 Å². The Balaban J connectivity index is 2.21. The van der Waals surface area contributed by atoms with E-state index in [2.05, 4.69) is 0 Å². The highest BCUT2D eigenvalue weighted by Crippen LogP contribution is 2.19. The van der Waals surface area contributed by atoms with Crippen molar-refractivity contribution in [3.8, 4) is 5.75 Å². The summed E-state index contributed by atoms with van der Waals surface area (Å²) in [5, 5.41) is 10.1. The van der Waals surface area contributed by atoms with Gasteiger partial charge in [-0.25, -0.2) is 4.39 Å². The van der Waals surface area contributed by atoms with Crippen LogP contribution in [0.4, 0.5) is 4.39 Å². The van der Waals surface area contributed by atoms with Gasteiger partial charge in [0, 0.05) is 5.02 Å². The molecule has 0 amide bonds. The molecule has 0 heterocycles. The first-order chi connectivity index (χ1) is 9.06. The topological polar surface area (TPSA) is 37.3 Å². The number of phenolic OH excluding ortho intramolecular Hbond substituents is 1. The second-order valence-electron chi connectivity index (χ2n) is 3.91. The first-order valence-electron chi connectivity index (χ1n) is 5.53. The predicted molar refractivity (Wildman–Crippen MR) is 72.9 cm³/mol.